The highest BCUT2D eigenvalue weighted by Crippen LogP contribution is 2.15. The van der Waals surface area contributed by atoms with Crippen LogP contribution in [-0.4, -0.2) is 45.3 Å². The Hall–Kier alpha value is -0.940. The van der Waals surface area contributed by atoms with E-state index in [-0.39, 0.29) is 0 Å². The Labute approximate surface area is 128 Å². The summed E-state index contributed by atoms with van der Waals surface area (Å²) in [6.07, 6.45) is 2.48. The molecule has 1 aromatic rings. The number of hydrogen-bond acceptors (Lipinski definition) is 4. The number of methoxy groups -OCH3 is 1. The van der Waals surface area contributed by atoms with Crippen LogP contribution in [0.5, 0.6) is 0 Å². The van der Waals surface area contributed by atoms with Gasteiger partial charge < -0.3 is 19.3 Å². The molecule has 0 aliphatic rings. The Morgan fingerprint density at radius 1 is 1.00 bits per heavy atom. The van der Waals surface area contributed by atoms with Gasteiger partial charge in [0.25, 0.3) is 0 Å². The van der Waals surface area contributed by atoms with Crippen molar-refractivity contribution in [2.24, 2.45) is 0 Å². The summed E-state index contributed by atoms with van der Waals surface area (Å²) >= 11 is 0. The second kappa shape index (κ2) is 11.7. The lowest BCUT2D eigenvalue weighted by Crippen LogP contribution is -2.10. The molecule has 0 aliphatic carbocycles. The molecule has 0 saturated carbocycles. The van der Waals surface area contributed by atoms with E-state index in [2.05, 4.69) is 19.1 Å². The summed E-state index contributed by atoms with van der Waals surface area (Å²) in [6, 6.07) is 8.11. The molecule has 0 amide bonds. The summed E-state index contributed by atoms with van der Waals surface area (Å²) < 4.78 is 15.7. The molecule has 0 saturated heterocycles. The van der Waals surface area contributed by atoms with E-state index in [0.29, 0.717) is 33.0 Å². The number of hydrogen-bond donors (Lipinski definition) is 1. The minimum absolute atomic E-state index is 0.325. The van der Waals surface area contributed by atoms with Gasteiger partial charge in [0.1, 0.15) is 6.10 Å². The van der Waals surface area contributed by atoms with Crippen molar-refractivity contribution < 1.29 is 19.3 Å². The molecule has 0 spiro atoms. The number of benzene rings is 1. The van der Waals surface area contributed by atoms with Crippen LogP contribution >= 0.6 is 0 Å². The van der Waals surface area contributed by atoms with Gasteiger partial charge in [0.15, 0.2) is 0 Å². The zero-order valence-corrected chi connectivity index (χ0v) is 13.2. The first-order valence-corrected chi connectivity index (χ1v) is 7.69. The Bertz CT molecular complexity index is 350. The fourth-order valence-corrected chi connectivity index (χ4v) is 1.99. The zero-order valence-electron chi connectivity index (χ0n) is 13.2. The Morgan fingerprint density at radius 2 is 1.71 bits per heavy atom. The molecular formula is C17H28O4. The number of aryl methyl sites for hydroxylation is 1. The molecule has 0 radical (unpaired) electrons. The maximum absolute atomic E-state index is 10.0. The fourth-order valence-electron chi connectivity index (χ4n) is 1.99. The van der Waals surface area contributed by atoms with Crippen LogP contribution in [0.25, 0.3) is 0 Å². The van der Waals surface area contributed by atoms with Crippen LogP contribution in [0.3, 0.4) is 0 Å². The van der Waals surface area contributed by atoms with Gasteiger partial charge in [-0.25, -0.2) is 0 Å². The van der Waals surface area contributed by atoms with Crippen LogP contribution in [-0.2, 0) is 20.6 Å². The van der Waals surface area contributed by atoms with E-state index in [4.69, 9.17) is 14.2 Å². The van der Waals surface area contributed by atoms with Crippen molar-refractivity contribution in [2.45, 2.75) is 32.3 Å². The van der Waals surface area contributed by atoms with Gasteiger partial charge in [-0.05, 0) is 24.0 Å². The van der Waals surface area contributed by atoms with Gasteiger partial charge in [-0.3, -0.25) is 0 Å². The first-order valence-electron chi connectivity index (χ1n) is 7.69. The molecule has 1 aromatic carbocycles. The molecule has 4 heteroatoms. The van der Waals surface area contributed by atoms with Crippen LogP contribution in [0.2, 0.25) is 0 Å². The highest BCUT2D eigenvalue weighted by molar-refractivity contribution is 5.24. The van der Waals surface area contributed by atoms with Crippen LogP contribution in [0, 0.1) is 0 Å². The van der Waals surface area contributed by atoms with Crippen molar-refractivity contribution in [3.05, 3.63) is 35.4 Å². The third-order valence-electron chi connectivity index (χ3n) is 3.19. The predicted molar refractivity (Wildman–Crippen MR) is 83.5 cm³/mol. The molecule has 1 N–H and O–H groups in total. The highest BCUT2D eigenvalue weighted by Gasteiger charge is 2.07. The molecule has 4 nitrogen and oxygen atoms in total. The van der Waals surface area contributed by atoms with Crippen LogP contribution in [0.15, 0.2) is 24.3 Å². The second-order valence-corrected chi connectivity index (χ2v) is 5.04. The van der Waals surface area contributed by atoms with Gasteiger partial charge in [-0.15, -0.1) is 0 Å². The van der Waals surface area contributed by atoms with Gasteiger partial charge in [-0.2, -0.15) is 0 Å². The Morgan fingerprint density at radius 3 is 2.38 bits per heavy atom. The van der Waals surface area contributed by atoms with Crippen molar-refractivity contribution >= 4 is 0 Å². The van der Waals surface area contributed by atoms with Crippen LogP contribution in [0.4, 0.5) is 0 Å². The van der Waals surface area contributed by atoms with E-state index in [1.165, 1.54) is 5.56 Å². The minimum Gasteiger partial charge on any atom is -0.386 e. The highest BCUT2D eigenvalue weighted by atomic mass is 16.5. The lowest BCUT2D eigenvalue weighted by molar-refractivity contribution is 0.0182. The van der Waals surface area contributed by atoms with Crippen molar-refractivity contribution in [2.75, 3.05) is 40.1 Å². The van der Waals surface area contributed by atoms with Gasteiger partial charge in [-0.1, -0.05) is 37.6 Å². The maximum atomic E-state index is 10.0. The molecule has 0 heterocycles. The number of rotatable bonds is 12. The SMILES string of the molecule is CCCc1ccc(C(O)COCCCOCCOC)cc1. The van der Waals surface area contributed by atoms with E-state index in [9.17, 15) is 5.11 Å². The molecule has 0 bridgehead atoms. The standard InChI is InChI=1S/C17H28O4/c1-3-5-15-6-8-16(9-7-15)17(18)14-21-11-4-10-20-13-12-19-2/h6-9,17-18H,3-5,10-14H2,1-2H3. The molecular weight excluding hydrogens is 268 g/mol. The maximum Gasteiger partial charge on any atom is 0.102 e. The third kappa shape index (κ3) is 8.17. The van der Waals surface area contributed by atoms with Crippen LogP contribution in [0.1, 0.15) is 37.0 Å². The molecule has 1 rings (SSSR count). The lowest BCUT2D eigenvalue weighted by atomic mass is 10.0. The summed E-state index contributed by atoms with van der Waals surface area (Å²) in [4.78, 5) is 0. The first-order chi connectivity index (χ1) is 10.3. The van der Waals surface area contributed by atoms with Gasteiger partial charge in [0, 0.05) is 20.3 Å². The topological polar surface area (TPSA) is 47.9 Å². The average Bonchev–Trinajstić information content (AvgIpc) is 2.51. The molecule has 1 atom stereocenters. The molecule has 120 valence electrons. The molecule has 0 aromatic heterocycles. The monoisotopic (exact) mass is 296 g/mol. The van der Waals surface area contributed by atoms with Crippen molar-refractivity contribution in [1.82, 2.24) is 0 Å². The van der Waals surface area contributed by atoms with Crippen molar-refractivity contribution in [3.8, 4) is 0 Å². The average molecular weight is 296 g/mol. The molecule has 1 unspecified atom stereocenters. The van der Waals surface area contributed by atoms with Crippen LogP contribution < -0.4 is 0 Å². The van der Waals surface area contributed by atoms with E-state index < -0.39 is 6.10 Å². The summed E-state index contributed by atoms with van der Waals surface area (Å²) in [5.41, 5.74) is 2.22. The zero-order chi connectivity index (χ0) is 15.3. The lowest BCUT2D eigenvalue weighted by Gasteiger charge is -2.12. The summed E-state index contributed by atoms with van der Waals surface area (Å²) in [7, 11) is 1.66. The van der Waals surface area contributed by atoms with E-state index in [1.807, 2.05) is 12.1 Å². The van der Waals surface area contributed by atoms with Gasteiger partial charge in [0.05, 0.1) is 19.8 Å². The third-order valence-corrected chi connectivity index (χ3v) is 3.19. The fraction of sp³-hybridized carbons (Fsp3) is 0.647. The minimum atomic E-state index is -0.560. The van der Waals surface area contributed by atoms with Crippen molar-refractivity contribution in [1.29, 1.82) is 0 Å². The van der Waals surface area contributed by atoms with Gasteiger partial charge >= 0.3 is 0 Å². The summed E-state index contributed by atoms with van der Waals surface area (Å²) in [6.45, 7) is 4.97. The van der Waals surface area contributed by atoms with Crippen molar-refractivity contribution in [3.63, 3.8) is 0 Å². The van der Waals surface area contributed by atoms with E-state index in [1.54, 1.807) is 7.11 Å². The summed E-state index contributed by atoms with van der Waals surface area (Å²) in [5, 5.41) is 10.0. The van der Waals surface area contributed by atoms with Gasteiger partial charge in [0.2, 0.25) is 0 Å². The van der Waals surface area contributed by atoms with E-state index in [0.717, 1.165) is 24.8 Å². The normalized spacial score (nSPS) is 12.5. The smallest absolute Gasteiger partial charge is 0.102 e. The Kier molecular flexibility index (Phi) is 10.1. The molecule has 21 heavy (non-hydrogen) atoms. The van der Waals surface area contributed by atoms with E-state index >= 15 is 0 Å². The quantitative estimate of drug-likeness (QED) is 0.603. The second-order valence-electron chi connectivity index (χ2n) is 5.04. The summed E-state index contributed by atoms with van der Waals surface area (Å²) in [5.74, 6) is 0. The number of aliphatic hydroxyl groups is 1. The first kappa shape index (κ1) is 18.1. The number of aliphatic hydroxyl groups excluding tert-OH is 1. The number of ether oxygens (including phenoxy) is 3. The largest absolute Gasteiger partial charge is 0.386 e. The Balaban J connectivity index is 2.11. The molecule has 0 aliphatic heterocycles. The molecule has 0 fully saturated rings. The predicted octanol–water partition coefficient (Wildman–Crippen LogP) is 2.74.